The summed E-state index contributed by atoms with van der Waals surface area (Å²) >= 11 is 0. The topological polar surface area (TPSA) is 40.5 Å². The molecule has 0 saturated carbocycles. The molecule has 1 atom stereocenters. The van der Waals surface area contributed by atoms with E-state index in [4.69, 9.17) is 0 Å². The second-order valence-electron chi connectivity index (χ2n) is 4.61. The Morgan fingerprint density at radius 1 is 1.41 bits per heavy atom. The zero-order valence-corrected chi connectivity index (χ0v) is 10.2. The molecule has 0 aromatic heterocycles. The van der Waals surface area contributed by atoms with Gasteiger partial charge in [0.1, 0.15) is 6.04 Å². The normalized spacial score (nSPS) is 18.2. The fourth-order valence-electron chi connectivity index (χ4n) is 2.58. The number of rotatable bonds is 3. The summed E-state index contributed by atoms with van der Waals surface area (Å²) in [6, 6.07) is 8.01. The first-order chi connectivity index (χ1) is 8.22. The van der Waals surface area contributed by atoms with Crippen molar-refractivity contribution in [1.29, 1.82) is 0 Å². The van der Waals surface area contributed by atoms with Gasteiger partial charge < -0.3 is 5.11 Å². The third kappa shape index (κ3) is 2.67. The van der Waals surface area contributed by atoms with Crippen LogP contribution in [0.5, 0.6) is 0 Å². The Morgan fingerprint density at radius 2 is 2.12 bits per heavy atom. The Hall–Kier alpha value is -1.35. The number of aryl methyl sites for hydroxylation is 1. The van der Waals surface area contributed by atoms with Crippen LogP contribution >= 0.6 is 0 Å². The first-order valence-electron chi connectivity index (χ1n) is 6.26. The molecule has 1 aliphatic rings. The molecular formula is C14H19NO2. The second kappa shape index (κ2) is 5.32. The average molecular weight is 233 g/mol. The Balaban J connectivity index is 2.20. The number of carboxylic acids is 1. The van der Waals surface area contributed by atoms with E-state index in [1.807, 2.05) is 13.0 Å². The summed E-state index contributed by atoms with van der Waals surface area (Å²) in [4.78, 5) is 13.3. The highest BCUT2D eigenvalue weighted by Crippen LogP contribution is 2.20. The lowest BCUT2D eigenvalue weighted by atomic mass is 10.0. The van der Waals surface area contributed by atoms with Gasteiger partial charge in [0.15, 0.2) is 0 Å². The quantitative estimate of drug-likeness (QED) is 0.871. The fourth-order valence-corrected chi connectivity index (χ4v) is 2.58. The molecule has 1 aliphatic heterocycles. The number of carboxylic acid groups (broad SMARTS) is 1. The summed E-state index contributed by atoms with van der Waals surface area (Å²) in [6.07, 6.45) is 2.76. The molecule has 3 nitrogen and oxygen atoms in total. The first kappa shape index (κ1) is 12.1. The van der Waals surface area contributed by atoms with Crippen LogP contribution in [0.25, 0.3) is 0 Å². The Bertz CT molecular complexity index is 403. The van der Waals surface area contributed by atoms with Gasteiger partial charge in [-0.3, -0.25) is 9.69 Å². The molecule has 92 valence electrons. The van der Waals surface area contributed by atoms with Crippen LogP contribution in [0.1, 0.15) is 30.9 Å². The van der Waals surface area contributed by atoms with Gasteiger partial charge in [-0.25, -0.2) is 0 Å². The van der Waals surface area contributed by atoms with E-state index in [0.717, 1.165) is 25.9 Å². The summed E-state index contributed by atoms with van der Waals surface area (Å²) in [5.41, 5.74) is 2.65. The SMILES string of the molecule is CC[C@@H](C(=O)O)N1CCCc2ccccc2C1. The predicted octanol–water partition coefficient (Wildman–Crippen LogP) is 2.30. The fraction of sp³-hybridized carbons (Fsp3) is 0.500. The van der Waals surface area contributed by atoms with Crippen LogP contribution < -0.4 is 0 Å². The van der Waals surface area contributed by atoms with Gasteiger partial charge in [-0.1, -0.05) is 31.2 Å². The zero-order valence-electron chi connectivity index (χ0n) is 10.2. The molecule has 3 heteroatoms. The first-order valence-corrected chi connectivity index (χ1v) is 6.26. The number of aliphatic carboxylic acids is 1. The van der Waals surface area contributed by atoms with Crippen LogP contribution in [0.3, 0.4) is 0 Å². The van der Waals surface area contributed by atoms with Gasteiger partial charge in [0.05, 0.1) is 0 Å². The number of nitrogens with zero attached hydrogens (tertiary/aromatic N) is 1. The summed E-state index contributed by atoms with van der Waals surface area (Å²) in [5, 5.41) is 9.22. The maximum atomic E-state index is 11.2. The third-order valence-electron chi connectivity index (χ3n) is 3.50. The second-order valence-corrected chi connectivity index (χ2v) is 4.61. The lowest BCUT2D eigenvalue weighted by Crippen LogP contribution is -2.40. The number of hydrogen-bond acceptors (Lipinski definition) is 2. The molecule has 1 aromatic carbocycles. The van der Waals surface area contributed by atoms with Crippen molar-refractivity contribution in [2.75, 3.05) is 6.54 Å². The summed E-state index contributed by atoms with van der Waals surface area (Å²) in [7, 11) is 0. The van der Waals surface area contributed by atoms with E-state index >= 15 is 0 Å². The molecule has 0 aliphatic carbocycles. The zero-order chi connectivity index (χ0) is 12.3. The molecule has 17 heavy (non-hydrogen) atoms. The number of fused-ring (bicyclic) bond motifs is 1. The van der Waals surface area contributed by atoms with Gasteiger partial charge in [0, 0.05) is 6.54 Å². The minimum atomic E-state index is -0.702. The molecule has 1 N–H and O–H groups in total. The lowest BCUT2D eigenvalue weighted by Gasteiger charge is -2.26. The van der Waals surface area contributed by atoms with Crippen molar-refractivity contribution in [3.63, 3.8) is 0 Å². The highest BCUT2D eigenvalue weighted by atomic mass is 16.4. The van der Waals surface area contributed by atoms with Gasteiger partial charge in [-0.05, 0) is 36.9 Å². The van der Waals surface area contributed by atoms with E-state index in [-0.39, 0.29) is 6.04 Å². The number of carbonyl (C=O) groups is 1. The predicted molar refractivity (Wildman–Crippen MR) is 66.9 cm³/mol. The summed E-state index contributed by atoms with van der Waals surface area (Å²) in [6.45, 7) is 3.58. The van der Waals surface area contributed by atoms with Crippen molar-refractivity contribution >= 4 is 5.97 Å². The van der Waals surface area contributed by atoms with E-state index in [9.17, 15) is 9.90 Å². The minimum absolute atomic E-state index is 0.346. The molecular weight excluding hydrogens is 214 g/mol. The van der Waals surface area contributed by atoms with Crippen molar-refractivity contribution in [2.24, 2.45) is 0 Å². The number of hydrogen-bond donors (Lipinski definition) is 1. The molecule has 0 radical (unpaired) electrons. The Kier molecular flexibility index (Phi) is 3.79. The maximum Gasteiger partial charge on any atom is 0.320 e. The van der Waals surface area contributed by atoms with Gasteiger partial charge >= 0.3 is 5.97 Å². The molecule has 1 aromatic rings. The molecule has 2 rings (SSSR count). The van der Waals surface area contributed by atoms with Gasteiger partial charge in [0.2, 0.25) is 0 Å². The minimum Gasteiger partial charge on any atom is -0.480 e. The van der Waals surface area contributed by atoms with Crippen LogP contribution in [0.2, 0.25) is 0 Å². The molecule has 0 fully saturated rings. The van der Waals surface area contributed by atoms with Gasteiger partial charge in [-0.15, -0.1) is 0 Å². The summed E-state index contributed by atoms with van der Waals surface area (Å²) < 4.78 is 0. The molecule has 0 bridgehead atoms. The van der Waals surface area contributed by atoms with Crippen molar-refractivity contribution < 1.29 is 9.90 Å². The number of benzene rings is 1. The van der Waals surface area contributed by atoms with E-state index in [1.54, 1.807) is 0 Å². The molecule has 0 spiro atoms. The smallest absolute Gasteiger partial charge is 0.320 e. The standard InChI is InChI=1S/C14H19NO2/c1-2-13(14(16)17)15-9-5-8-11-6-3-4-7-12(11)10-15/h3-4,6-7,13H,2,5,8-10H2,1H3,(H,16,17)/t13-/m0/s1. The Morgan fingerprint density at radius 3 is 2.76 bits per heavy atom. The van der Waals surface area contributed by atoms with E-state index in [2.05, 4.69) is 23.1 Å². The van der Waals surface area contributed by atoms with Crippen molar-refractivity contribution in [3.8, 4) is 0 Å². The summed E-state index contributed by atoms with van der Waals surface area (Å²) in [5.74, 6) is -0.702. The molecule has 1 heterocycles. The highest BCUT2D eigenvalue weighted by Gasteiger charge is 2.25. The van der Waals surface area contributed by atoms with Crippen LogP contribution in [0.4, 0.5) is 0 Å². The van der Waals surface area contributed by atoms with E-state index in [0.29, 0.717) is 6.42 Å². The molecule has 0 unspecified atom stereocenters. The van der Waals surface area contributed by atoms with Gasteiger partial charge in [0.25, 0.3) is 0 Å². The Labute approximate surface area is 102 Å². The van der Waals surface area contributed by atoms with Crippen molar-refractivity contribution in [3.05, 3.63) is 35.4 Å². The molecule has 0 amide bonds. The highest BCUT2D eigenvalue weighted by molar-refractivity contribution is 5.73. The van der Waals surface area contributed by atoms with E-state index < -0.39 is 5.97 Å². The van der Waals surface area contributed by atoms with Crippen LogP contribution in [-0.2, 0) is 17.8 Å². The molecule has 0 saturated heterocycles. The van der Waals surface area contributed by atoms with E-state index in [1.165, 1.54) is 11.1 Å². The lowest BCUT2D eigenvalue weighted by molar-refractivity contribution is -0.143. The maximum absolute atomic E-state index is 11.2. The average Bonchev–Trinajstić information content (AvgIpc) is 2.51. The van der Waals surface area contributed by atoms with Crippen LogP contribution in [0, 0.1) is 0 Å². The monoisotopic (exact) mass is 233 g/mol. The van der Waals surface area contributed by atoms with Gasteiger partial charge in [-0.2, -0.15) is 0 Å². The third-order valence-corrected chi connectivity index (χ3v) is 3.50. The van der Waals surface area contributed by atoms with Crippen molar-refractivity contribution in [1.82, 2.24) is 4.90 Å². The van der Waals surface area contributed by atoms with Crippen LogP contribution in [-0.4, -0.2) is 28.6 Å². The largest absolute Gasteiger partial charge is 0.480 e. The van der Waals surface area contributed by atoms with Crippen LogP contribution in [0.15, 0.2) is 24.3 Å². The van der Waals surface area contributed by atoms with Crippen molar-refractivity contribution in [2.45, 2.75) is 38.8 Å².